The molecule has 0 aliphatic rings. The third-order valence-corrected chi connectivity index (χ3v) is 3.79. The molecule has 0 saturated heterocycles. The molecule has 0 spiro atoms. The van der Waals surface area contributed by atoms with Crippen molar-refractivity contribution in [3.05, 3.63) is 5.01 Å². The summed E-state index contributed by atoms with van der Waals surface area (Å²) in [5, 5.41) is 21.7. The van der Waals surface area contributed by atoms with Crippen molar-refractivity contribution in [1.29, 1.82) is 0 Å². The van der Waals surface area contributed by atoms with Crippen LogP contribution in [0.1, 0.15) is 52.0 Å². The predicted octanol–water partition coefficient (Wildman–Crippen LogP) is 2.89. The lowest BCUT2D eigenvalue weighted by atomic mass is 9.98. The molecule has 1 aromatic rings. The van der Waals surface area contributed by atoms with E-state index in [9.17, 15) is 4.79 Å². The first kappa shape index (κ1) is 14.9. The van der Waals surface area contributed by atoms with Crippen molar-refractivity contribution in [2.45, 2.75) is 58.4 Å². The summed E-state index contributed by atoms with van der Waals surface area (Å²) in [6.07, 6.45) is 2.47. The largest absolute Gasteiger partial charge is 0.480 e. The highest BCUT2D eigenvalue weighted by Gasteiger charge is 2.22. The van der Waals surface area contributed by atoms with Crippen molar-refractivity contribution in [2.75, 3.05) is 5.32 Å². The van der Waals surface area contributed by atoms with Gasteiger partial charge in [0.05, 0.1) is 0 Å². The summed E-state index contributed by atoms with van der Waals surface area (Å²) in [4.78, 5) is 11.1. The molecule has 0 fully saturated rings. The standard InChI is InChI=1S/C12H21N3O2S/c1-5-6-7-8(9(16)17)13-11-15-14-10(18-11)12(2,3)4/h8H,5-7H2,1-4H3,(H,13,15)(H,16,17). The molecule has 0 saturated carbocycles. The van der Waals surface area contributed by atoms with Crippen molar-refractivity contribution in [1.82, 2.24) is 10.2 Å². The molecular weight excluding hydrogens is 250 g/mol. The number of carboxylic acids is 1. The number of aliphatic carboxylic acids is 1. The fourth-order valence-corrected chi connectivity index (χ4v) is 2.25. The van der Waals surface area contributed by atoms with Gasteiger partial charge in [0.2, 0.25) is 5.13 Å². The number of nitrogens with one attached hydrogen (secondary N) is 1. The summed E-state index contributed by atoms with van der Waals surface area (Å²) >= 11 is 1.42. The van der Waals surface area contributed by atoms with Crippen molar-refractivity contribution in [3.8, 4) is 0 Å². The summed E-state index contributed by atoms with van der Waals surface area (Å²) in [6.45, 7) is 8.22. The summed E-state index contributed by atoms with van der Waals surface area (Å²) < 4.78 is 0. The second kappa shape index (κ2) is 6.13. The van der Waals surface area contributed by atoms with Gasteiger partial charge >= 0.3 is 5.97 Å². The Labute approximate surface area is 112 Å². The molecule has 1 atom stereocenters. The average molecular weight is 271 g/mol. The van der Waals surface area contributed by atoms with Crippen LogP contribution < -0.4 is 5.32 Å². The smallest absolute Gasteiger partial charge is 0.326 e. The van der Waals surface area contributed by atoms with Gasteiger partial charge in [0, 0.05) is 5.41 Å². The van der Waals surface area contributed by atoms with Crippen LogP contribution in [-0.4, -0.2) is 27.3 Å². The van der Waals surface area contributed by atoms with Crippen molar-refractivity contribution in [2.24, 2.45) is 0 Å². The van der Waals surface area contributed by atoms with E-state index in [0.717, 1.165) is 17.8 Å². The number of anilines is 1. The minimum absolute atomic E-state index is 0.0558. The fourth-order valence-electron chi connectivity index (χ4n) is 1.40. The number of carboxylic acid groups (broad SMARTS) is 1. The van der Waals surface area contributed by atoms with Gasteiger partial charge in [0.15, 0.2) is 0 Å². The zero-order chi connectivity index (χ0) is 13.8. The number of hydrogen-bond donors (Lipinski definition) is 2. The van der Waals surface area contributed by atoms with Gasteiger partial charge in [-0.3, -0.25) is 0 Å². The van der Waals surface area contributed by atoms with E-state index in [-0.39, 0.29) is 5.41 Å². The molecule has 1 unspecified atom stereocenters. The van der Waals surface area contributed by atoms with Crippen LogP contribution in [0.2, 0.25) is 0 Å². The zero-order valence-electron chi connectivity index (χ0n) is 11.4. The second-order valence-corrected chi connectivity index (χ2v) is 6.32. The van der Waals surface area contributed by atoms with Gasteiger partial charge in [-0.25, -0.2) is 4.79 Å². The van der Waals surface area contributed by atoms with E-state index in [1.807, 2.05) is 6.92 Å². The van der Waals surface area contributed by atoms with E-state index in [1.165, 1.54) is 11.3 Å². The maximum absolute atomic E-state index is 11.1. The van der Waals surface area contributed by atoms with Gasteiger partial charge in [-0.15, -0.1) is 10.2 Å². The van der Waals surface area contributed by atoms with Crippen LogP contribution in [0.25, 0.3) is 0 Å². The molecule has 0 radical (unpaired) electrons. The molecule has 0 bridgehead atoms. The van der Waals surface area contributed by atoms with Crippen LogP contribution in [0.5, 0.6) is 0 Å². The quantitative estimate of drug-likeness (QED) is 0.832. The number of unbranched alkanes of at least 4 members (excludes halogenated alkanes) is 1. The number of hydrogen-bond acceptors (Lipinski definition) is 5. The van der Waals surface area contributed by atoms with Crippen molar-refractivity contribution >= 4 is 22.4 Å². The lowest BCUT2D eigenvalue weighted by Crippen LogP contribution is -2.29. The van der Waals surface area contributed by atoms with Crippen LogP contribution in [0.4, 0.5) is 5.13 Å². The summed E-state index contributed by atoms with van der Waals surface area (Å²) in [6, 6.07) is -0.578. The van der Waals surface area contributed by atoms with Gasteiger partial charge in [-0.05, 0) is 6.42 Å². The first-order valence-electron chi connectivity index (χ1n) is 6.18. The molecule has 5 nitrogen and oxygen atoms in total. The first-order valence-corrected chi connectivity index (χ1v) is 6.99. The molecule has 102 valence electrons. The van der Waals surface area contributed by atoms with Gasteiger partial charge in [0.25, 0.3) is 0 Å². The Morgan fingerprint density at radius 1 is 1.44 bits per heavy atom. The minimum atomic E-state index is -0.837. The highest BCUT2D eigenvalue weighted by Crippen LogP contribution is 2.28. The Bertz CT molecular complexity index is 398. The highest BCUT2D eigenvalue weighted by atomic mass is 32.1. The topological polar surface area (TPSA) is 75.1 Å². The second-order valence-electron chi connectivity index (χ2n) is 5.34. The van der Waals surface area contributed by atoms with Crippen molar-refractivity contribution < 1.29 is 9.90 Å². The fraction of sp³-hybridized carbons (Fsp3) is 0.750. The Morgan fingerprint density at radius 3 is 2.56 bits per heavy atom. The Hall–Kier alpha value is -1.17. The molecule has 0 aliphatic heterocycles. The average Bonchev–Trinajstić information content (AvgIpc) is 2.71. The van der Waals surface area contributed by atoms with Crippen LogP contribution in [0.15, 0.2) is 0 Å². The first-order chi connectivity index (χ1) is 8.34. The van der Waals surface area contributed by atoms with E-state index in [1.54, 1.807) is 0 Å². The summed E-state index contributed by atoms with van der Waals surface area (Å²) in [5.41, 5.74) is -0.0558. The Morgan fingerprint density at radius 2 is 2.11 bits per heavy atom. The van der Waals surface area contributed by atoms with Crippen LogP contribution in [-0.2, 0) is 10.2 Å². The van der Waals surface area contributed by atoms with E-state index < -0.39 is 12.0 Å². The SMILES string of the molecule is CCCCC(Nc1nnc(C(C)(C)C)s1)C(=O)O. The number of carbonyl (C=O) groups is 1. The van der Waals surface area contributed by atoms with Crippen LogP contribution >= 0.6 is 11.3 Å². The maximum Gasteiger partial charge on any atom is 0.326 e. The number of rotatable bonds is 6. The van der Waals surface area contributed by atoms with Crippen LogP contribution in [0, 0.1) is 0 Å². The minimum Gasteiger partial charge on any atom is -0.480 e. The Kier molecular flexibility index (Phi) is 5.07. The van der Waals surface area contributed by atoms with Gasteiger partial charge in [-0.2, -0.15) is 0 Å². The van der Waals surface area contributed by atoms with E-state index in [4.69, 9.17) is 5.11 Å². The lowest BCUT2D eigenvalue weighted by molar-refractivity contribution is -0.138. The Balaban J connectivity index is 2.69. The number of aromatic nitrogens is 2. The monoisotopic (exact) mass is 271 g/mol. The van der Waals surface area contributed by atoms with Crippen LogP contribution in [0.3, 0.4) is 0 Å². The van der Waals surface area contributed by atoms with Crippen molar-refractivity contribution in [3.63, 3.8) is 0 Å². The third kappa shape index (κ3) is 4.25. The molecule has 1 rings (SSSR count). The van der Waals surface area contributed by atoms with Gasteiger partial charge < -0.3 is 10.4 Å². The number of nitrogens with zero attached hydrogens (tertiary/aromatic N) is 2. The molecular formula is C12H21N3O2S. The molecule has 6 heteroatoms. The highest BCUT2D eigenvalue weighted by molar-refractivity contribution is 7.15. The molecule has 2 N–H and O–H groups in total. The molecule has 18 heavy (non-hydrogen) atoms. The molecule has 1 heterocycles. The molecule has 0 amide bonds. The zero-order valence-corrected chi connectivity index (χ0v) is 12.2. The van der Waals surface area contributed by atoms with E-state index in [0.29, 0.717) is 11.6 Å². The normalized spacial score (nSPS) is 13.3. The van der Waals surface area contributed by atoms with E-state index >= 15 is 0 Å². The van der Waals surface area contributed by atoms with Gasteiger partial charge in [0.1, 0.15) is 11.0 Å². The molecule has 0 aromatic carbocycles. The predicted molar refractivity (Wildman–Crippen MR) is 73.2 cm³/mol. The molecule has 1 aromatic heterocycles. The van der Waals surface area contributed by atoms with Gasteiger partial charge in [-0.1, -0.05) is 51.9 Å². The summed E-state index contributed by atoms with van der Waals surface area (Å²) in [5.74, 6) is -0.837. The third-order valence-electron chi connectivity index (χ3n) is 2.51. The maximum atomic E-state index is 11.1. The molecule has 0 aliphatic carbocycles. The van der Waals surface area contributed by atoms with E-state index in [2.05, 4.69) is 36.3 Å². The summed E-state index contributed by atoms with van der Waals surface area (Å²) in [7, 11) is 0. The lowest BCUT2D eigenvalue weighted by Gasteiger charge is -2.13.